The van der Waals surface area contributed by atoms with Gasteiger partial charge in [-0.3, -0.25) is 25.0 Å². The first-order valence-electron chi connectivity index (χ1n) is 9.58. The summed E-state index contributed by atoms with van der Waals surface area (Å²) in [6.07, 6.45) is -0.711. The second kappa shape index (κ2) is 8.54. The van der Waals surface area contributed by atoms with Gasteiger partial charge in [-0.1, -0.05) is 23.7 Å². The van der Waals surface area contributed by atoms with E-state index < -0.39 is 35.4 Å². The number of hydrogen-bond donors (Lipinski definition) is 2. The molecule has 32 heavy (non-hydrogen) atoms. The predicted molar refractivity (Wildman–Crippen MR) is 108 cm³/mol. The molecule has 0 spiro atoms. The number of hydrogen-bond acceptors (Lipinski definition) is 5. The van der Waals surface area contributed by atoms with Crippen molar-refractivity contribution >= 4 is 41.1 Å². The molecule has 1 saturated heterocycles. The minimum Gasteiger partial charge on any atom is -0.444 e. The fourth-order valence-corrected chi connectivity index (χ4v) is 3.78. The van der Waals surface area contributed by atoms with E-state index in [1.807, 2.05) is 5.32 Å². The Balaban J connectivity index is 1.41. The first-order chi connectivity index (χ1) is 15.2. The molecule has 2 aliphatic rings. The van der Waals surface area contributed by atoms with Crippen LogP contribution in [-0.2, 0) is 27.5 Å². The summed E-state index contributed by atoms with van der Waals surface area (Å²) in [7, 11) is 0. The molecule has 4 amide bonds. The van der Waals surface area contributed by atoms with Crippen LogP contribution in [0.4, 0.5) is 19.3 Å². The zero-order chi connectivity index (χ0) is 23.0. The van der Waals surface area contributed by atoms with Gasteiger partial charge in [-0.05, 0) is 35.7 Å². The van der Waals surface area contributed by atoms with E-state index >= 15 is 0 Å². The van der Waals surface area contributed by atoms with Crippen LogP contribution >= 0.6 is 11.6 Å². The van der Waals surface area contributed by atoms with Gasteiger partial charge in [0.2, 0.25) is 11.8 Å². The molecule has 0 bridgehead atoms. The maximum atomic E-state index is 13.9. The van der Waals surface area contributed by atoms with Crippen molar-refractivity contribution < 1.29 is 32.7 Å². The van der Waals surface area contributed by atoms with E-state index in [2.05, 4.69) is 5.32 Å². The van der Waals surface area contributed by atoms with E-state index in [9.17, 15) is 28.0 Å². The van der Waals surface area contributed by atoms with Crippen LogP contribution in [0.1, 0.15) is 34.3 Å². The molecule has 166 valence electrons. The van der Waals surface area contributed by atoms with Gasteiger partial charge >= 0.3 is 6.09 Å². The third-order valence-corrected chi connectivity index (χ3v) is 5.53. The Morgan fingerprint density at radius 1 is 1.22 bits per heavy atom. The molecule has 1 atom stereocenters. The van der Waals surface area contributed by atoms with Crippen LogP contribution < -0.4 is 10.6 Å². The highest BCUT2D eigenvalue weighted by atomic mass is 35.5. The minimum atomic E-state index is -1.12. The quantitative estimate of drug-likeness (QED) is 0.535. The van der Waals surface area contributed by atoms with E-state index in [-0.39, 0.29) is 42.8 Å². The Hall–Kier alpha value is -3.53. The molecule has 2 aromatic rings. The average molecular weight is 464 g/mol. The zero-order valence-corrected chi connectivity index (χ0v) is 17.2. The Bertz CT molecular complexity index is 1160. The predicted octanol–water partition coefficient (Wildman–Crippen LogP) is 3.13. The highest BCUT2D eigenvalue weighted by Crippen LogP contribution is 2.29. The molecule has 1 fully saturated rings. The molecule has 0 aromatic heterocycles. The maximum Gasteiger partial charge on any atom is 0.412 e. The van der Waals surface area contributed by atoms with Crippen LogP contribution in [0.25, 0.3) is 0 Å². The number of piperidine rings is 1. The number of fused-ring (bicyclic) bond motifs is 1. The van der Waals surface area contributed by atoms with Crippen LogP contribution in [0, 0.1) is 11.6 Å². The molecule has 2 heterocycles. The first kappa shape index (κ1) is 21.7. The Labute approximate surface area is 185 Å². The van der Waals surface area contributed by atoms with Crippen LogP contribution in [0.15, 0.2) is 30.3 Å². The average Bonchev–Trinajstić information content (AvgIpc) is 3.08. The molecule has 11 heteroatoms. The Morgan fingerprint density at radius 3 is 2.75 bits per heavy atom. The molecule has 2 aromatic carbocycles. The first-order valence-corrected chi connectivity index (χ1v) is 9.96. The lowest BCUT2D eigenvalue weighted by Gasteiger charge is -2.29. The highest BCUT2D eigenvalue weighted by molar-refractivity contribution is 6.31. The van der Waals surface area contributed by atoms with Crippen LogP contribution in [0.5, 0.6) is 0 Å². The minimum absolute atomic E-state index is 0.151. The molecular weight excluding hydrogens is 448 g/mol. The van der Waals surface area contributed by atoms with Gasteiger partial charge in [0.1, 0.15) is 24.2 Å². The van der Waals surface area contributed by atoms with Crippen molar-refractivity contribution in [2.45, 2.75) is 32.0 Å². The summed E-state index contributed by atoms with van der Waals surface area (Å²) in [5.74, 6) is -3.39. The van der Waals surface area contributed by atoms with Crippen molar-refractivity contribution in [1.29, 1.82) is 0 Å². The number of halogens is 3. The number of benzene rings is 2. The van der Waals surface area contributed by atoms with E-state index in [1.165, 1.54) is 11.0 Å². The van der Waals surface area contributed by atoms with Crippen molar-refractivity contribution in [2.24, 2.45) is 0 Å². The van der Waals surface area contributed by atoms with Crippen molar-refractivity contribution in [3.05, 3.63) is 63.7 Å². The lowest BCUT2D eigenvalue weighted by Crippen LogP contribution is -2.52. The molecule has 4 rings (SSSR count). The Morgan fingerprint density at radius 2 is 2.00 bits per heavy atom. The van der Waals surface area contributed by atoms with E-state index in [0.717, 1.165) is 12.1 Å². The third kappa shape index (κ3) is 4.13. The lowest BCUT2D eigenvalue weighted by atomic mass is 10.0. The molecule has 8 nitrogen and oxygen atoms in total. The number of carbonyl (C=O) groups excluding carboxylic acids is 4. The molecule has 0 aliphatic carbocycles. The largest absolute Gasteiger partial charge is 0.444 e. The van der Waals surface area contributed by atoms with E-state index in [4.69, 9.17) is 16.3 Å². The topological polar surface area (TPSA) is 105 Å². The van der Waals surface area contributed by atoms with Crippen LogP contribution in [0.2, 0.25) is 5.02 Å². The molecule has 0 saturated carbocycles. The fourth-order valence-electron chi connectivity index (χ4n) is 3.62. The third-order valence-electron chi connectivity index (χ3n) is 5.23. The molecule has 2 N–H and O–H groups in total. The number of anilines is 1. The Kier molecular flexibility index (Phi) is 5.79. The summed E-state index contributed by atoms with van der Waals surface area (Å²) in [4.78, 5) is 49.6. The number of imide groups is 1. The lowest BCUT2D eigenvalue weighted by molar-refractivity contribution is -0.136. The summed E-state index contributed by atoms with van der Waals surface area (Å²) < 4.78 is 32.6. The van der Waals surface area contributed by atoms with Gasteiger partial charge in [-0.2, -0.15) is 0 Å². The van der Waals surface area contributed by atoms with Gasteiger partial charge < -0.3 is 9.64 Å². The van der Waals surface area contributed by atoms with Gasteiger partial charge in [-0.15, -0.1) is 0 Å². The molecule has 0 radical (unpaired) electrons. The zero-order valence-electron chi connectivity index (χ0n) is 16.4. The normalized spacial score (nSPS) is 17.8. The van der Waals surface area contributed by atoms with Crippen molar-refractivity contribution in [1.82, 2.24) is 10.2 Å². The van der Waals surface area contributed by atoms with Crippen molar-refractivity contribution in [3.63, 3.8) is 0 Å². The van der Waals surface area contributed by atoms with Crippen LogP contribution in [-0.4, -0.2) is 34.8 Å². The van der Waals surface area contributed by atoms with Gasteiger partial charge in [0.05, 0.1) is 5.02 Å². The fraction of sp³-hybridized carbons (Fsp3) is 0.238. The van der Waals surface area contributed by atoms with Crippen molar-refractivity contribution in [3.8, 4) is 0 Å². The summed E-state index contributed by atoms with van der Waals surface area (Å²) in [5.41, 5.74) is 0.773. The van der Waals surface area contributed by atoms with Gasteiger partial charge in [0.15, 0.2) is 5.82 Å². The number of carbonyl (C=O) groups is 4. The number of ether oxygens (including phenoxy) is 1. The summed E-state index contributed by atoms with van der Waals surface area (Å²) in [6.45, 7) is -0.0516. The molecule has 1 unspecified atom stereocenters. The van der Waals surface area contributed by atoms with Gasteiger partial charge in [-0.25, -0.2) is 13.6 Å². The second-order valence-corrected chi connectivity index (χ2v) is 7.72. The monoisotopic (exact) mass is 463 g/mol. The number of nitrogens with one attached hydrogen (secondary N) is 2. The molecule has 2 aliphatic heterocycles. The summed E-state index contributed by atoms with van der Waals surface area (Å²) in [5, 5.41) is 3.84. The number of nitrogens with zero attached hydrogens (tertiary/aromatic N) is 1. The summed E-state index contributed by atoms with van der Waals surface area (Å²) >= 11 is 5.58. The smallest absolute Gasteiger partial charge is 0.412 e. The maximum absolute atomic E-state index is 13.9. The van der Waals surface area contributed by atoms with E-state index in [1.54, 1.807) is 12.1 Å². The standard InChI is InChI=1S/C21H16ClF2N3O5/c22-13-3-4-14(23)18(17(13)24)26-21(31)32-9-10-1-2-11-8-27(20(30)12(11)7-10)15-5-6-16(28)25-19(15)29/h1-4,7,15H,5-6,8-9H2,(H,26,31)(H,25,28,29). The van der Waals surface area contributed by atoms with Crippen molar-refractivity contribution in [2.75, 3.05) is 5.32 Å². The number of rotatable bonds is 4. The highest BCUT2D eigenvalue weighted by Gasteiger charge is 2.39. The van der Waals surface area contributed by atoms with Crippen LogP contribution in [0.3, 0.4) is 0 Å². The summed E-state index contributed by atoms with van der Waals surface area (Å²) in [6, 6.07) is 6.02. The van der Waals surface area contributed by atoms with Gasteiger partial charge in [0.25, 0.3) is 5.91 Å². The number of amides is 4. The van der Waals surface area contributed by atoms with E-state index in [0.29, 0.717) is 16.7 Å². The SMILES string of the molecule is O=C1CCC(N2Cc3ccc(COC(=O)Nc4c(F)ccc(Cl)c4F)cc3C2=O)C(=O)N1. The molecular formula is C21H16ClF2N3O5. The van der Waals surface area contributed by atoms with Gasteiger partial charge in [0, 0.05) is 18.5 Å². The second-order valence-electron chi connectivity index (χ2n) is 7.31.